The molecule has 0 aliphatic heterocycles. The molecule has 1 aromatic carbocycles. The topological polar surface area (TPSA) is 87.6 Å². The second-order valence-corrected chi connectivity index (χ2v) is 10.3. The first kappa shape index (κ1) is 21.9. The van der Waals surface area contributed by atoms with Crippen molar-refractivity contribution in [2.75, 3.05) is 0 Å². The van der Waals surface area contributed by atoms with Gasteiger partial charge in [0.15, 0.2) is 0 Å². The van der Waals surface area contributed by atoms with E-state index in [0.717, 1.165) is 54.4 Å². The molecule has 0 spiro atoms. The summed E-state index contributed by atoms with van der Waals surface area (Å²) in [6.07, 6.45) is 13.7. The van der Waals surface area contributed by atoms with E-state index in [0.29, 0.717) is 18.8 Å². The highest BCUT2D eigenvalue weighted by atomic mass is 16.3. The minimum atomic E-state index is -0.895. The first-order valence-corrected chi connectivity index (χ1v) is 12.5. The van der Waals surface area contributed by atoms with Crippen molar-refractivity contribution in [3.63, 3.8) is 0 Å². The van der Waals surface area contributed by atoms with Crippen molar-refractivity contribution in [2.45, 2.75) is 62.4 Å². The lowest BCUT2D eigenvalue weighted by molar-refractivity contribution is -0.0439. The molecular formula is C29H29N5O. The highest BCUT2D eigenvalue weighted by molar-refractivity contribution is 5.82. The summed E-state index contributed by atoms with van der Waals surface area (Å²) in [5, 5.41) is 26.5. The van der Waals surface area contributed by atoms with Gasteiger partial charge in [0.1, 0.15) is 0 Å². The summed E-state index contributed by atoms with van der Waals surface area (Å²) in [4.78, 5) is 8.85. The molecule has 2 aliphatic rings. The Hall–Kier alpha value is -3.56. The molecule has 1 N–H and O–H groups in total. The van der Waals surface area contributed by atoms with Crippen molar-refractivity contribution in [1.82, 2.24) is 19.7 Å². The Morgan fingerprint density at radius 1 is 1.11 bits per heavy atom. The molecule has 0 bridgehead atoms. The van der Waals surface area contributed by atoms with Crippen LogP contribution in [0.1, 0.15) is 55.3 Å². The molecule has 4 aromatic rings. The smallest absolute Gasteiger partial charge is 0.0780 e. The van der Waals surface area contributed by atoms with Crippen molar-refractivity contribution >= 4 is 10.9 Å². The average Bonchev–Trinajstić information content (AvgIpc) is 3.23. The summed E-state index contributed by atoms with van der Waals surface area (Å²) in [6, 6.07) is 17.0. The van der Waals surface area contributed by atoms with E-state index in [9.17, 15) is 10.4 Å². The number of aliphatic hydroxyl groups is 1. The zero-order valence-corrected chi connectivity index (χ0v) is 19.8. The molecule has 35 heavy (non-hydrogen) atoms. The molecule has 3 aromatic heterocycles. The van der Waals surface area contributed by atoms with Crippen LogP contribution in [0, 0.1) is 17.2 Å². The van der Waals surface area contributed by atoms with Gasteiger partial charge >= 0.3 is 0 Å². The van der Waals surface area contributed by atoms with E-state index in [1.54, 1.807) is 12.4 Å². The van der Waals surface area contributed by atoms with Gasteiger partial charge in [-0.05, 0) is 98.4 Å². The van der Waals surface area contributed by atoms with Crippen molar-refractivity contribution in [2.24, 2.45) is 5.92 Å². The first-order valence-electron chi connectivity index (χ1n) is 12.5. The molecule has 6 rings (SSSR count). The van der Waals surface area contributed by atoms with Gasteiger partial charge in [0.25, 0.3) is 0 Å². The van der Waals surface area contributed by atoms with E-state index in [1.807, 2.05) is 35.3 Å². The Bertz CT molecular complexity index is 1390. The van der Waals surface area contributed by atoms with Gasteiger partial charge < -0.3 is 5.11 Å². The van der Waals surface area contributed by atoms with E-state index in [4.69, 9.17) is 10.1 Å². The van der Waals surface area contributed by atoms with Gasteiger partial charge in [-0.25, -0.2) is 4.68 Å². The predicted molar refractivity (Wildman–Crippen MR) is 134 cm³/mol. The molecule has 0 saturated heterocycles. The summed E-state index contributed by atoms with van der Waals surface area (Å²) in [6.45, 7) is 0. The van der Waals surface area contributed by atoms with Crippen molar-refractivity contribution in [3.05, 3.63) is 84.1 Å². The first-order chi connectivity index (χ1) is 17.1. The van der Waals surface area contributed by atoms with Crippen molar-refractivity contribution < 1.29 is 5.11 Å². The number of fused-ring (bicyclic) bond motifs is 4. The molecule has 2 aliphatic carbocycles. The van der Waals surface area contributed by atoms with Crippen molar-refractivity contribution in [1.29, 1.82) is 5.26 Å². The van der Waals surface area contributed by atoms with Crippen LogP contribution in [-0.4, -0.2) is 30.5 Å². The van der Waals surface area contributed by atoms with Crippen LogP contribution in [0.5, 0.6) is 0 Å². The molecule has 0 amide bonds. The monoisotopic (exact) mass is 463 g/mol. The van der Waals surface area contributed by atoms with Gasteiger partial charge in [0.05, 0.1) is 35.5 Å². The third kappa shape index (κ3) is 3.81. The number of benzene rings is 1. The fraction of sp³-hybridized carbons (Fsp3) is 0.379. The molecule has 0 radical (unpaired) electrons. The van der Waals surface area contributed by atoms with E-state index < -0.39 is 5.60 Å². The Kier molecular flexibility index (Phi) is 5.38. The zero-order chi connectivity index (χ0) is 23.9. The lowest BCUT2D eigenvalue weighted by atomic mass is 9.56. The largest absolute Gasteiger partial charge is 0.389 e. The van der Waals surface area contributed by atoms with Crippen LogP contribution in [-0.2, 0) is 18.3 Å². The minimum absolute atomic E-state index is 0.116. The quantitative estimate of drug-likeness (QED) is 0.456. The highest BCUT2D eigenvalue weighted by Gasteiger charge is 2.51. The Balaban J connectivity index is 1.51. The number of pyridine rings is 2. The summed E-state index contributed by atoms with van der Waals surface area (Å²) < 4.78 is 2.00. The van der Waals surface area contributed by atoms with Gasteiger partial charge in [-0.3, -0.25) is 9.97 Å². The minimum Gasteiger partial charge on any atom is -0.389 e. The number of rotatable bonds is 4. The van der Waals surface area contributed by atoms with Gasteiger partial charge in [-0.1, -0.05) is 6.07 Å². The van der Waals surface area contributed by atoms with Gasteiger partial charge in [-0.15, -0.1) is 0 Å². The maximum atomic E-state index is 11.3. The summed E-state index contributed by atoms with van der Waals surface area (Å²) in [5.41, 5.74) is 4.94. The average molecular weight is 464 g/mol. The maximum absolute atomic E-state index is 11.3. The molecule has 6 nitrogen and oxygen atoms in total. The van der Waals surface area contributed by atoms with Gasteiger partial charge in [0.2, 0.25) is 0 Å². The van der Waals surface area contributed by atoms with Crippen LogP contribution >= 0.6 is 0 Å². The third-order valence-electron chi connectivity index (χ3n) is 8.31. The van der Waals surface area contributed by atoms with Crippen LogP contribution in [0.25, 0.3) is 16.6 Å². The van der Waals surface area contributed by atoms with Crippen LogP contribution < -0.4 is 0 Å². The van der Waals surface area contributed by atoms with E-state index in [1.165, 1.54) is 11.1 Å². The highest BCUT2D eigenvalue weighted by Crippen LogP contribution is 2.54. The van der Waals surface area contributed by atoms with Crippen molar-refractivity contribution in [3.8, 4) is 11.8 Å². The van der Waals surface area contributed by atoms with Gasteiger partial charge in [-0.2, -0.15) is 10.4 Å². The lowest BCUT2D eigenvalue weighted by Crippen LogP contribution is -2.49. The fourth-order valence-corrected chi connectivity index (χ4v) is 6.63. The molecule has 0 unspecified atom stereocenters. The fourth-order valence-electron chi connectivity index (χ4n) is 6.63. The van der Waals surface area contributed by atoms with E-state index >= 15 is 0 Å². The standard InChI is InChI=1S/C29H29N5O/c30-12-11-28(35)9-10-29(19-24-6-1-2-13-32-24)23(18-28)5-3-4-21-17-27-22(16-26(21)29)20-33-34(27)25-7-14-31-15-8-25/h1-2,6-8,13-17,20,23,35H,3-5,9-11,18-19H2/t23-,28-,29-/m1/s1. The Labute approximate surface area is 205 Å². The van der Waals surface area contributed by atoms with E-state index in [2.05, 4.69) is 35.3 Å². The normalized spacial score (nSPS) is 25.9. The van der Waals surface area contributed by atoms with E-state index in [-0.39, 0.29) is 11.8 Å². The van der Waals surface area contributed by atoms with Crippen LogP contribution in [0.4, 0.5) is 0 Å². The molecule has 1 fully saturated rings. The third-order valence-corrected chi connectivity index (χ3v) is 8.31. The predicted octanol–water partition coefficient (Wildman–Crippen LogP) is 5.08. The summed E-state index contributed by atoms with van der Waals surface area (Å²) >= 11 is 0. The summed E-state index contributed by atoms with van der Waals surface area (Å²) in [5.74, 6) is 0.297. The summed E-state index contributed by atoms with van der Waals surface area (Å²) in [7, 11) is 0. The Morgan fingerprint density at radius 3 is 2.80 bits per heavy atom. The van der Waals surface area contributed by atoms with Crippen LogP contribution in [0.3, 0.4) is 0 Å². The zero-order valence-electron chi connectivity index (χ0n) is 19.8. The number of hydrogen-bond acceptors (Lipinski definition) is 5. The molecule has 3 atom stereocenters. The SMILES string of the molecule is N#CC[C@]1(O)CC[C@]2(Cc3ccccn3)c3cc4cnn(-c5ccncc5)c4cc3CCC[C@@H]2C1. The Morgan fingerprint density at radius 2 is 2.00 bits per heavy atom. The van der Waals surface area contributed by atoms with Crippen LogP contribution in [0.15, 0.2) is 67.3 Å². The molecular weight excluding hydrogens is 434 g/mol. The molecule has 3 heterocycles. The molecule has 176 valence electrons. The molecule has 6 heteroatoms. The lowest BCUT2D eigenvalue weighted by Gasteiger charge is -2.50. The maximum Gasteiger partial charge on any atom is 0.0780 e. The van der Waals surface area contributed by atoms with Gasteiger partial charge in [0, 0.05) is 35.1 Å². The number of aryl methyl sites for hydroxylation is 1. The number of nitrogens with zero attached hydrogens (tertiary/aromatic N) is 5. The van der Waals surface area contributed by atoms with Crippen LogP contribution in [0.2, 0.25) is 0 Å². The number of aromatic nitrogens is 4. The number of hydrogen-bond donors (Lipinski definition) is 1. The second-order valence-electron chi connectivity index (χ2n) is 10.3. The number of nitriles is 1. The molecule has 1 saturated carbocycles. The second kappa shape index (κ2) is 8.58.